The maximum absolute atomic E-state index is 6.19. The number of rotatable bonds is 6. The first-order valence-electron chi connectivity index (χ1n) is 6.35. The molecule has 0 amide bonds. The highest BCUT2D eigenvalue weighted by Crippen LogP contribution is 2.24. The summed E-state index contributed by atoms with van der Waals surface area (Å²) in [5.74, 6) is 0.697. The zero-order valence-corrected chi connectivity index (χ0v) is 11.8. The standard InChI is InChI=1S/C14H23ClN2/c1-4-11(3)10-17(5-2)13-7-6-12(9-16)14(15)8-13/h6-8,11H,4-5,9-10,16H2,1-3H3. The minimum Gasteiger partial charge on any atom is -0.372 e. The highest BCUT2D eigenvalue weighted by atomic mass is 35.5. The first kappa shape index (κ1) is 14.3. The summed E-state index contributed by atoms with van der Waals surface area (Å²) in [6.45, 7) is 9.25. The van der Waals surface area contributed by atoms with E-state index in [2.05, 4.69) is 31.7 Å². The molecule has 0 aliphatic rings. The van der Waals surface area contributed by atoms with E-state index in [0.717, 1.165) is 23.7 Å². The summed E-state index contributed by atoms with van der Waals surface area (Å²) in [6.07, 6.45) is 1.20. The first-order chi connectivity index (χ1) is 8.12. The van der Waals surface area contributed by atoms with Gasteiger partial charge in [-0.15, -0.1) is 0 Å². The molecule has 0 saturated heterocycles. The molecule has 96 valence electrons. The lowest BCUT2D eigenvalue weighted by atomic mass is 10.1. The summed E-state index contributed by atoms with van der Waals surface area (Å²) in [4.78, 5) is 2.36. The van der Waals surface area contributed by atoms with Gasteiger partial charge in [0.15, 0.2) is 0 Å². The van der Waals surface area contributed by atoms with Crippen molar-refractivity contribution in [2.45, 2.75) is 33.7 Å². The molecule has 1 atom stereocenters. The van der Waals surface area contributed by atoms with Gasteiger partial charge in [-0.3, -0.25) is 0 Å². The van der Waals surface area contributed by atoms with Crippen LogP contribution in [-0.2, 0) is 6.54 Å². The Morgan fingerprint density at radius 2 is 2.06 bits per heavy atom. The van der Waals surface area contributed by atoms with Crippen molar-refractivity contribution in [1.29, 1.82) is 0 Å². The van der Waals surface area contributed by atoms with Gasteiger partial charge in [-0.05, 0) is 30.5 Å². The van der Waals surface area contributed by atoms with Gasteiger partial charge in [0.2, 0.25) is 0 Å². The van der Waals surface area contributed by atoms with Gasteiger partial charge in [-0.1, -0.05) is 37.9 Å². The van der Waals surface area contributed by atoms with Crippen molar-refractivity contribution in [3.63, 3.8) is 0 Å². The fourth-order valence-electron chi connectivity index (χ4n) is 1.82. The largest absolute Gasteiger partial charge is 0.372 e. The van der Waals surface area contributed by atoms with Crippen molar-refractivity contribution in [3.8, 4) is 0 Å². The van der Waals surface area contributed by atoms with Crippen molar-refractivity contribution in [2.24, 2.45) is 11.7 Å². The van der Waals surface area contributed by atoms with E-state index in [0.29, 0.717) is 12.5 Å². The highest BCUT2D eigenvalue weighted by molar-refractivity contribution is 6.31. The predicted molar refractivity (Wildman–Crippen MR) is 76.7 cm³/mol. The van der Waals surface area contributed by atoms with Gasteiger partial charge in [-0.2, -0.15) is 0 Å². The average molecular weight is 255 g/mol. The molecule has 0 heterocycles. The van der Waals surface area contributed by atoms with Gasteiger partial charge in [0.1, 0.15) is 0 Å². The third kappa shape index (κ3) is 3.90. The molecule has 0 bridgehead atoms. The highest BCUT2D eigenvalue weighted by Gasteiger charge is 2.09. The van der Waals surface area contributed by atoms with Crippen molar-refractivity contribution >= 4 is 17.3 Å². The number of halogens is 1. The quantitative estimate of drug-likeness (QED) is 0.839. The molecule has 17 heavy (non-hydrogen) atoms. The normalized spacial score (nSPS) is 12.5. The lowest BCUT2D eigenvalue weighted by Crippen LogP contribution is -2.28. The molecule has 1 rings (SSSR count). The Kier molecular flexibility index (Phi) is 5.79. The smallest absolute Gasteiger partial charge is 0.0471 e. The summed E-state index contributed by atoms with van der Waals surface area (Å²) < 4.78 is 0. The number of benzene rings is 1. The van der Waals surface area contributed by atoms with Crippen LogP contribution in [-0.4, -0.2) is 13.1 Å². The molecule has 3 heteroatoms. The predicted octanol–water partition coefficient (Wildman–Crippen LogP) is 3.67. The fourth-order valence-corrected chi connectivity index (χ4v) is 2.07. The molecular weight excluding hydrogens is 232 g/mol. The van der Waals surface area contributed by atoms with Crippen LogP contribution in [0.15, 0.2) is 18.2 Å². The Labute approximate surface area is 110 Å². The monoisotopic (exact) mass is 254 g/mol. The molecule has 1 aromatic rings. The molecule has 0 aliphatic heterocycles. The van der Waals surface area contributed by atoms with Crippen molar-refractivity contribution in [3.05, 3.63) is 28.8 Å². The SMILES string of the molecule is CCC(C)CN(CC)c1ccc(CN)c(Cl)c1. The van der Waals surface area contributed by atoms with Crippen LogP contribution in [0.25, 0.3) is 0 Å². The van der Waals surface area contributed by atoms with Gasteiger partial charge in [0, 0.05) is 30.3 Å². The number of anilines is 1. The van der Waals surface area contributed by atoms with E-state index in [1.807, 2.05) is 12.1 Å². The molecular formula is C14H23ClN2. The van der Waals surface area contributed by atoms with Gasteiger partial charge in [0.05, 0.1) is 0 Å². The molecule has 0 aliphatic carbocycles. The molecule has 0 radical (unpaired) electrons. The van der Waals surface area contributed by atoms with Gasteiger partial charge in [-0.25, -0.2) is 0 Å². The van der Waals surface area contributed by atoms with E-state index in [4.69, 9.17) is 17.3 Å². The van der Waals surface area contributed by atoms with Crippen LogP contribution in [0.5, 0.6) is 0 Å². The number of hydrogen-bond donors (Lipinski definition) is 1. The maximum Gasteiger partial charge on any atom is 0.0471 e. The third-order valence-electron chi connectivity index (χ3n) is 3.23. The molecule has 0 saturated carbocycles. The van der Waals surface area contributed by atoms with Gasteiger partial charge < -0.3 is 10.6 Å². The zero-order chi connectivity index (χ0) is 12.8. The van der Waals surface area contributed by atoms with Crippen LogP contribution in [0.3, 0.4) is 0 Å². The Balaban J connectivity index is 2.85. The molecule has 0 aromatic heterocycles. The second-order valence-electron chi connectivity index (χ2n) is 4.53. The topological polar surface area (TPSA) is 29.3 Å². The Morgan fingerprint density at radius 3 is 2.53 bits per heavy atom. The summed E-state index contributed by atoms with van der Waals surface area (Å²) in [7, 11) is 0. The molecule has 2 N–H and O–H groups in total. The van der Waals surface area contributed by atoms with Gasteiger partial charge >= 0.3 is 0 Å². The van der Waals surface area contributed by atoms with E-state index in [9.17, 15) is 0 Å². The molecule has 2 nitrogen and oxygen atoms in total. The minimum absolute atomic E-state index is 0.497. The van der Waals surface area contributed by atoms with E-state index < -0.39 is 0 Å². The minimum atomic E-state index is 0.497. The van der Waals surface area contributed by atoms with Crippen molar-refractivity contribution in [2.75, 3.05) is 18.0 Å². The van der Waals surface area contributed by atoms with Gasteiger partial charge in [0.25, 0.3) is 0 Å². The lowest BCUT2D eigenvalue weighted by molar-refractivity contribution is 0.548. The van der Waals surface area contributed by atoms with Crippen molar-refractivity contribution in [1.82, 2.24) is 0 Å². The Hall–Kier alpha value is -0.730. The summed E-state index contributed by atoms with van der Waals surface area (Å²) in [5.41, 5.74) is 7.81. The van der Waals surface area contributed by atoms with Crippen LogP contribution in [0, 0.1) is 5.92 Å². The average Bonchev–Trinajstić information content (AvgIpc) is 2.35. The second kappa shape index (κ2) is 6.87. The molecule has 0 fully saturated rings. The Bertz CT molecular complexity index is 352. The molecule has 0 spiro atoms. The summed E-state index contributed by atoms with van der Waals surface area (Å²) in [6, 6.07) is 6.16. The Morgan fingerprint density at radius 1 is 1.35 bits per heavy atom. The van der Waals surface area contributed by atoms with Crippen LogP contribution < -0.4 is 10.6 Å². The van der Waals surface area contributed by atoms with Crippen LogP contribution >= 0.6 is 11.6 Å². The van der Waals surface area contributed by atoms with E-state index >= 15 is 0 Å². The maximum atomic E-state index is 6.19. The van der Waals surface area contributed by atoms with Crippen LogP contribution in [0.1, 0.15) is 32.8 Å². The fraction of sp³-hybridized carbons (Fsp3) is 0.571. The second-order valence-corrected chi connectivity index (χ2v) is 4.94. The number of nitrogens with zero attached hydrogens (tertiary/aromatic N) is 1. The van der Waals surface area contributed by atoms with Crippen LogP contribution in [0.4, 0.5) is 5.69 Å². The third-order valence-corrected chi connectivity index (χ3v) is 3.58. The van der Waals surface area contributed by atoms with E-state index in [-0.39, 0.29) is 0 Å². The summed E-state index contributed by atoms with van der Waals surface area (Å²) in [5, 5.41) is 0.771. The summed E-state index contributed by atoms with van der Waals surface area (Å²) >= 11 is 6.19. The van der Waals surface area contributed by atoms with E-state index in [1.165, 1.54) is 12.1 Å². The van der Waals surface area contributed by atoms with Crippen molar-refractivity contribution < 1.29 is 0 Å². The zero-order valence-electron chi connectivity index (χ0n) is 11.0. The molecule has 1 aromatic carbocycles. The first-order valence-corrected chi connectivity index (χ1v) is 6.73. The van der Waals surface area contributed by atoms with E-state index in [1.54, 1.807) is 0 Å². The number of nitrogens with two attached hydrogens (primary N) is 1. The lowest BCUT2D eigenvalue weighted by Gasteiger charge is -2.26. The number of hydrogen-bond acceptors (Lipinski definition) is 2. The molecule has 1 unspecified atom stereocenters. The van der Waals surface area contributed by atoms with Crippen LogP contribution in [0.2, 0.25) is 5.02 Å².